The summed E-state index contributed by atoms with van der Waals surface area (Å²) in [4.78, 5) is 7.11. The van der Waals surface area contributed by atoms with Gasteiger partial charge in [-0.1, -0.05) is 30.3 Å². The molecule has 2 fully saturated rings. The van der Waals surface area contributed by atoms with E-state index in [4.69, 9.17) is 0 Å². The average Bonchev–Trinajstić information content (AvgIpc) is 3.45. The Morgan fingerprint density at radius 1 is 1.04 bits per heavy atom. The molecule has 0 unspecified atom stereocenters. The van der Waals surface area contributed by atoms with Gasteiger partial charge < -0.3 is 10.3 Å². The second kappa shape index (κ2) is 9.60. The van der Waals surface area contributed by atoms with Crippen LogP contribution in [0.25, 0.3) is 22.2 Å². The standard InChI is InChI=1S/C21H24N5S.K/c1-2-19(26-20(3-1)23-21(24-26)22-14-16-4-5-16)18-8-6-17(7-9-18)15-25-10-12-27-13-11-25;/h1-3,6-9,16H,4-5,10-15H2;/q-1;+1. The molecule has 0 atom stereocenters. The van der Waals surface area contributed by atoms with Crippen LogP contribution in [0, 0.1) is 5.92 Å². The van der Waals surface area contributed by atoms with Crippen molar-refractivity contribution in [2.45, 2.75) is 19.4 Å². The molecule has 1 aliphatic heterocycles. The Balaban J connectivity index is 0.00000192. The summed E-state index contributed by atoms with van der Waals surface area (Å²) in [5, 5.41) is 9.20. The molecule has 1 aromatic carbocycles. The quantitative estimate of drug-likeness (QED) is 0.569. The smallest absolute Gasteiger partial charge is 0.392 e. The van der Waals surface area contributed by atoms with Crippen LogP contribution in [0.1, 0.15) is 18.4 Å². The van der Waals surface area contributed by atoms with Gasteiger partial charge >= 0.3 is 51.4 Å². The topological polar surface area (TPSA) is 47.5 Å². The van der Waals surface area contributed by atoms with Gasteiger partial charge in [-0.05, 0) is 48.6 Å². The molecule has 1 saturated heterocycles. The van der Waals surface area contributed by atoms with Crippen LogP contribution in [-0.2, 0) is 6.54 Å². The second-order valence-electron chi connectivity index (χ2n) is 7.46. The Labute approximate surface area is 213 Å². The molecule has 0 amide bonds. The minimum absolute atomic E-state index is 0. The minimum Gasteiger partial charge on any atom is -0.392 e. The van der Waals surface area contributed by atoms with Crippen molar-refractivity contribution in [3.05, 3.63) is 53.3 Å². The monoisotopic (exact) mass is 417 g/mol. The summed E-state index contributed by atoms with van der Waals surface area (Å²) < 4.78 is 1.92. The van der Waals surface area contributed by atoms with Crippen LogP contribution in [0.4, 0.5) is 5.95 Å². The summed E-state index contributed by atoms with van der Waals surface area (Å²) >= 11 is 2.06. The van der Waals surface area contributed by atoms with Crippen LogP contribution in [0.15, 0.2) is 42.5 Å². The Kier molecular flexibility index (Phi) is 7.14. The molecule has 0 bridgehead atoms. The average molecular weight is 418 g/mol. The number of hydrogen-bond donors (Lipinski definition) is 0. The predicted octanol–water partition coefficient (Wildman–Crippen LogP) is 1.36. The molecule has 0 radical (unpaired) electrons. The van der Waals surface area contributed by atoms with Crippen molar-refractivity contribution >= 4 is 23.4 Å². The van der Waals surface area contributed by atoms with Gasteiger partial charge in [0.25, 0.3) is 0 Å². The molecular formula is C21H24KN5S. The Morgan fingerprint density at radius 3 is 2.57 bits per heavy atom. The first kappa shape index (κ1) is 20.8. The number of fused-ring (bicyclic) bond motifs is 1. The summed E-state index contributed by atoms with van der Waals surface area (Å²) in [7, 11) is 0. The molecule has 1 aliphatic carbocycles. The molecule has 1 saturated carbocycles. The first-order chi connectivity index (χ1) is 13.3. The fourth-order valence-electron chi connectivity index (χ4n) is 3.49. The van der Waals surface area contributed by atoms with Gasteiger partial charge in [0.05, 0.1) is 11.3 Å². The number of aromatic nitrogens is 3. The van der Waals surface area contributed by atoms with Crippen LogP contribution in [-0.4, -0.2) is 50.6 Å². The van der Waals surface area contributed by atoms with E-state index in [-0.39, 0.29) is 51.4 Å². The third-order valence-corrected chi connectivity index (χ3v) is 6.24. The van der Waals surface area contributed by atoms with E-state index in [0.717, 1.165) is 35.9 Å². The fraction of sp³-hybridized carbons (Fsp3) is 0.429. The van der Waals surface area contributed by atoms with E-state index in [1.807, 2.05) is 16.6 Å². The van der Waals surface area contributed by atoms with Gasteiger partial charge in [0.2, 0.25) is 0 Å². The zero-order chi connectivity index (χ0) is 18.1. The van der Waals surface area contributed by atoms with Crippen LogP contribution >= 0.6 is 11.8 Å². The number of rotatable bonds is 6. The van der Waals surface area contributed by atoms with E-state index in [9.17, 15) is 0 Å². The van der Waals surface area contributed by atoms with Crippen LogP contribution in [0.2, 0.25) is 0 Å². The van der Waals surface area contributed by atoms with Gasteiger partial charge in [-0.2, -0.15) is 11.8 Å². The van der Waals surface area contributed by atoms with Crippen molar-refractivity contribution in [3.63, 3.8) is 0 Å². The molecule has 5 rings (SSSR count). The van der Waals surface area contributed by atoms with Gasteiger partial charge in [0.15, 0.2) is 0 Å². The first-order valence-electron chi connectivity index (χ1n) is 9.78. The summed E-state index contributed by atoms with van der Waals surface area (Å²) in [6, 6.07) is 15.0. The number of nitrogens with zero attached hydrogens (tertiary/aromatic N) is 5. The van der Waals surface area contributed by atoms with E-state index in [1.54, 1.807) is 0 Å². The maximum absolute atomic E-state index is 4.63. The number of pyridine rings is 1. The van der Waals surface area contributed by atoms with E-state index >= 15 is 0 Å². The third-order valence-electron chi connectivity index (χ3n) is 5.30. The van der Waals surface area contributed by atoms with E-state index < -0.39 is 0 Å². The number of hydrogen-bond acceptors (Lipinski definition) is 4. The van der Waals surface area contributed by atoms with E-state index in [2.05, 4.69) is 62.4 Å². The summed E-state index contributed by atoms with van der Waals surface area (Å²) in [5.74, 6) is 3.86. The van der Waals surface area contributed by atoms with Crippen molar-refractivity contribution in [1.29, 1.82) is 0 Å². The third kappa shape index (κ3) is 5.01. The normalized spacial score (nSPS) is 17.4. The molecule has 0 spiro atoms. The molecule has 5 nitrogen and oxygen atoms in total. The molecule has 28 heavy (non-hydrogen) atoms. The summed E-state index contributed by atoms with van der Waals surface area (Å²) in [5.41, 5.74) is 4.46. The van der Waals surface area contributed by atoms with Gasteiger partial charge in [-0.15, -0.1) is 0 Å². The Bertz CT molecular complexity index is 916. The van der Waals surface area contributed by atoms with Gasteiger partial charge in [0.1, 0.15) is 0 Å². The van der Waals surface area contributed by atoms with Gasteiger partial charge in [-0.3, -0.25) is 14.5 Å². The molecule has 2 aliphatic rings. The molecule has 7 heteroatoms. The molecule has 3 heterocycles. The molecule has 2 aromatic heterocycles. The van der Waals surface area contributed by atoms with Crippen molar-refractivity contribution < 1.29 is 51.4 Å². The van der Waals surface area contributed by atoms with Gasteiger partial charge in [0, 0.05) is 37.1 Å². The van der Waals surface area contributed by atoms with Crippen molar-refractivity contribution in [2.75, 3.05) is 31.1 Å². The summed E-state index contributed by atoms with van der Waals surface area (Å²) in [6.07, 6.45) is 2.59. The predicted molar refractivity (Wildman–Crippen MR) is 112 cm³/mol. The van der Waals surface area contributed by atoms with Gasteiger partial charge in [-0.25, -0.2) is 0 Å². The van der Waals surface area contributed by atoms with Crippen molar-refractivity contribution in [1.82, 2.24) is 19.5 Å². The van der Waals surface area contributed by atoms with Crippen molar-refractivity contribution in [2.24, 2.45) is 5.92 Å². The molecular weight excluding hydrogens is 393 g/mol. The first-order valence-corrected chi connectivity index (χ1v) is 10.9. The van der Waals surface area contributed by atoms with E-state index in [0.29, 0.717) is 5.95 Å². The van der Waals surface area contributed by atoms with Crippen LogP contribution in [0.3, 0.4) is 0 Å². The Morgan fingerprint density at radius 2 is 1.82 bits per heavy atom. The molecule has 140 valence electrons. The maximum atomic E-state index is 4.63. The van der Waals surface area contributed by atoms with Crippen molar-refractivity contribution in [3.8, 4) is 11.3 Å². The summed E-state index contributed by atoms with van der Waals surface area (Å²) in [6.45, 7) is 4.28. The zero-order valence-electron chi connectivity index (χ0n) is 16.4. The minimum atomic E-state index is 0. The SMILES string of the molecule is [K+].c1cc(-c2ccc(CN3CCSCC3)cc2)n2nc([N-]CC3CC3)nc2c1. The number of benzene rings is 1. The molecule has 0 N–H and O–H groups in total. The largest absolute Gasteiger partial charge is 1.00 e. The fourth-order valence-corrected chi connectivity index (χ4v) is 4.47. The second-order valence-corrected chi connectivity index (χ2v) is 8.69. The maximum Gasteiger partial charge on any atom is 1.00 e. The van der Waals surface area contributed by atoms with E-state index in [1.165, 1.54) is 43.0 Å². The van der Waals surface area contributed by atoms with Crippen LogP contribution < -0.4 is 51.4 Å². The number of thioether (sulfide) groups is 1. The zero-order valence-corrected chi connectivity index (χ0v) is 20.4. The van der Waals surface area contributed by atoms with Crippen LogP contribution in [0.5, 0.6) is 0 Å². The molecule has 3 aromatic rings. The Hall–Kier alpha value is -0.414.